The summed E-state index contributed by atoms with van der Waals surface area (Å²) in [5, 5.41) is 5.72. The molecule has 0 aliphatic rings. The zero-order chi connectivity index (χ0) is 20.9. The lowest BCUT2D eigenvalue weighted by molar-refractivity contribution is -0.114. The van der Waals surface area contributed by atoms with Crippen LogP contribution in [0, 0.1) is 0 Å². The van der Waals surface area contributed by atoms with E-state index in [1.165, 1.54) is 6.07 Å². The van der Waals surface area contributed by atoms with E-state index in [9.17, 15) is 18.0 Å². The first kappa shape index (κ1) is 21.7. The van der Waals surface area contributed by atoms with E-state index in [1.807, 2.05) is 13.8 Å². The zero-order valence-corrected chi connectivity index (χ0v) is 17.3. The normalized spacial score (nSPS) is 11.2. The Bertz CT molecular complexity index is 977. The van der Waals surface area contributed by atoms with Crippen LogP contribution in [0.15, 0.2) is 48.5 Å². The Labute approximate surface area is 169 Å². The topological polar surface area (TPSA) is 95.6 Å². The summed E-state index contributed by atoms with van der Waals surface area (Å²) >= 11 is 5.94. The second-order valence-corrected chi connectivity index (χ2v) is 8.81. The first-order chi connectivity index (χ1) is 13.1. The molecule has 9 heteroatoms. The second-order valence-electron chi connectivity index (χ2n) is 6.47. The Morgan fingerprint density at radius 3 is 2.39 bits per heavy atom. The molecule has 0 saturated heterocycles. The minimum atomic E-state index is -3.73. The largest absolute Gasteiger partial charge is 0.350 e. The minimum Gasteiger partial charge on any atom is -0.350 e. The van der Waals surface area contributed by atoms with Gasteiger partial charge in [-0.1, -0.05) is 29.8 Å². The van der Waals surface area contributed by atoms with E-state index in [4.69, 9.17) is 11.6 Å². The molecular formula is C19H22ClN3O4S. The van der Waals surface area contributed by atoms with Gasteiger partial charge in [-0.3, -0.25) is 13.9 Å². The maximum atomic E-state index is 12.5. The number of nitrogens with zero attached hydrogens (tertiary/aromatic N) is 1. The Hall–Kier alpha value is -2.58. The molecule has 2 aromatic rings. The Morgan fingerprint density at radius 2 is 1.79 bits per heavy atom. The Morgan fingerprint density at radius 1 is 1.11 bits per heavy atom. The molecule has 0 unspecified atom stereocenters. The zero-order valence-electron chi connectivity index (χ0n) is 15.8. The standard InChI is InChI=1S/C19H22ClN3O4S/c1-13(2)21-19(25)16-9-4-5-10-17(16)22-18(24)12-23(28(3,26)27)15-8-6-7-14(20)11-15/h4-11,13H,12H2,1-3H3,(H,21,25)(H,22,24). The molecule has 0 spiro atoms. The number of amides is 2. The number of para-hydroxylation sites is 1. The average molecular weight is 424 g/mol. The minimum absolute atomic E-state index is 0.0696. The van der Waals surface area contributed by atoms with Crippen molar-refractivity contribution in [3.63, 3.8) is 0 Å². The number of anilines is 2. The maximum absolute atomic E-state index is 12.5. The molecule has 0 radical (unpaired) electrons. The molecule has 0 atom stereocenters. The van der Waals surface area contributed by atoms with Crippen LogP contribution in [-0.4, -0.2) is 39.1 Å². The van der Waals surface area contributed by atoms with Crippen LogP contribution in [0.2, 0.25) is 5.02 Å². The molecule has 2 aromatic carbocycles. The average Bonchev–Trinajstić information content (AvgIpc) is 2.58. The highest BCUT2D eigenvalue weighted by molar-refractivity contribution is 7.92. The molecule has 0 heterocycles. The highest BCUT2D eigenvalue weighted by Crippen LogP contribution is 2.22. The van der Waals surface area contributed by atoms with Gasteiger partial charge in [0.05, 0.1) is 23.2 Å². The third-order valence-corrected chi connectivity index (χ3v) is 5.02. The van der Waals surface area contributed by atoms with Gasteiger partial charge in [-0.05, 0) is 44.2 Å². The van der Waals surface area contributed by atoms with Crippen molar-refractivity contribution in [1.82, 2.24) is 5.32 Å². The second kappa shape index (κ2) is 9.07. The molecule has 0 bridgehead atoms. The SMILES string of the molecule is CC(C)NC(=O)c1ccccc1NC(=O)CN(c1cccc(Cl)c1)S(C)(=O)=O. The molecule has 2 N–H and O–H groups in total. The van der Waals surface area contributed by atoms with Crippen LogP contribution in [0.25, 0.3) is 0 Å². The molecule has 0 aliphatic heterocycles. The maximum Gasteiger partial charge on any atom is 0.253 e. The Kier molecular flexibility index (Phi) is 7.04. The molecule has 7 nitrogen and oxygen atoms in total. The molecular weight excluding hydrogens is 402 g/mol. The summed E-state index contributed by atoms with van der Waals surface area (Å²) in [6.07, 6.45) is 1.01. The fourth-order valence-corrected chi connectivity index (χ4v) is 3.51. The number of carbonyl (C=O) groups excluding carboxylic acids is 2. The predicted octanol–water partition coefficient (Wildman–Crippen LogP) is 2.88. The molecule has 28 heavy (non-hydrogen) atoms. The van der Waals surface area contributed by atoms with Gasteiger partial charge < -0.3 is 10.6 Å². The lowest BCUT2D eigenvalue weighted by Gasteiger charge is -2.22. The fourth-order valence-electron chi connectivity index (χ4n) is 2.48. The van der Waals surface area contributed by atoms with Crippen molar-refractivity contribution >= 4 is 44.8 Å². The summed E-state index contributed by atoms with van der Waals surface area (Å²) in [6, 6.07) is 12.7. The third-order valence-electron chi connectivity index (χ3n) is 3.65. The molecule has 0 aromatic heterocycles. The van der Waals surface area contributed by atoms with Crippen molar-refractivity contribution in [2.75, 3.05) is 22.4 Å². The number of hydrogen-bond donors (Lipinski definition) is 2. The van der Waals surface area contributed by atoms with Gasteiger partial charge in [0.1, 0.15) is 6.54 Å². The number of benzene rings is 2. The van der Waals surface area contributed by atoms with Gasteiger partial charge in [0.25, 0.3) is 5.91 Å². The lowest BCUT2D eigenvalue weighted by atomic mass is 10.1. The lowest BCUT2D eigenvalue weighted by Crippen LogP contribution is -2.38. The number of halogens is 1. The van der Waals surface area contributed by atoms with E-state index < -0.39 is 22.5 Å². The van der Waals surface area contributed by atoms with Crippen molar-refractivity contribution in [3.8, 4) is 0 Å². The highest BCUT2D eigenvalue weighted by atomic mass is 35.5. The summed E-state index contributed by atoms with van der Waals surface area (Å²) in [5.74, 6) is -0.920. The molecule has 0 fully saturated rings. The van der Waals surface area contributed by atoms with E-state index >= 15 is 0 Å². The van der Waals surface area contributed by atoms with Gasteiger partial charge in [0.2, 0.25) is 15.9 Å². The van der Waals surface area contributed by atoms with Crippen LogP contribution in [0.1, 0.15) is 24.2 Å². The summed E-state index contributed by atoms with van der Waals surface area (Å²) in [7, 11) is -3.73. The van der Waals surface area contributed by atoms with E-state index in [0.29, 0.717) is 16.3 Å². The van der Waals surface area contributed by atoms with Crippen molar-refractivity contribution in [3.05, 3.63) is 59.1 Å². The quantitative estimate of drug-likeness (QED) is 0.715. The van der Waals surface area contributed by atoms with Crippen molar-refractivity contribution in [2.24, 2.45) is 0 Å². The summed E-state index contributed by atoms with van der Waals surface area (Å²) in [4.78, 5) is 24.9. The molecule has 150 valence electrons. The van der Waals surface area contributed by atoms with Gasteiger partial charge in [0, 0.05) is 11.1 Å². The van der Waals surface area contributed by atoms with Crippen LogP contribution in [0.5, 0.6) is 0 Å². The van der Waals surface area contributed by atoms with Gasteiger partial charge in [-0.2, -0.15) is 0 Å². The van der Waals surface area contributed by atoms with Gasteiger partial charge >= 0.3 is 0 Å². The van der Waals surface area contributed by atoms with Crippen LogP contribution in [0.4, 0.5) is 11.4 Å². The Balaban J connectivity index is 2.24. The van der Waals surface area contributed by atoms with Crippen molar-refractivity contribution in [1.29, 1.82) is 0 Å². The van der Waals surface area contributed by atoms with Crippen LogP contribution in [0.3, 0.4) is 0 Å². The summed E-state index contributed by atoms with van der Waals surface area (Å²) < 4.78 is 25.3. The van der Waals surface area contributed by atoms with E-state index in [0.717, 1.165) is 10.6 Å². The molecule has 0 aliphatic carbocycles. The van der Waals surface area contributed by atoms with E-state index in [-0.39, 0.29) is 17.6 Å². The van der Waals surface area contributed by atoms with Gasteiger partial charge in [-0.25, -0.2) is 8.42 Å². The first-order valence-corrected chi connectivity index (χ1v) is 10.7. The van der Waals surface area contributed by atoms with Crippen LogP contribution in [-0.2, 0) is 14.8 Å². The highest BCUT2D eigenvalue weighted by Gasteiger charge is 2.22. The number of carbonyl (C=O) groups is 2. The number of hydrogen-bond acceptors (Lipinski definition) is 4. The van der Waals surface area contributed by atoms with E-state index in [2.05, 4.69) is 10.6 Å². The fraction of sp³-hybridized carbons (Fsp3) is 0.263. The van der Waals surface area contributed by atoms with Crippen molar-refractivity contribution < 1.29 is 18.0 Å². The van der Waals surface area contributed by atoms with E-state index in [1.54, 1.807) is 42.5 Å². The van der Waals surface area contributed by atoms with Gasteiger partial charge in [-0.15, -0.1) is 0 Å². The smallest absolute Gasteiger partial charge is 0.253 e. The van der Waals surface area contributed by atoms with Crippen molar-refractivity contribution in [2.45, 2.75) is 19.9 Å². The van der Waals surface area contributed by atoms with Crippen LogP contribution < -0.4 is 14.9 Å². The summed E-state index contributed by atoms with van der Waals surface area (Å²) in [6.45, 7) is 3.20. The monoisotopic (exact) mass is 423 g/mol. The molecule has 2 rings (SSSR count). The number of rotatable bonds is 7. The third kappa shape index (κ3) is 5.97. The molecule has 2 amide bonds. The number of nitrogens with one attached hydrogen (secondary N) is 2. The summed E-state index contributed by atoms with van der Waals surface area (Å²) in [5.41, 5.74) is 0.861. The van der Waals surface area contributed by atoms with Gasteiger partial charge in [0.15, 0.2) is 0 Å². The predicted molar refractivity (Wildman–Crippen MR) is 111 cm³/mol. The van der Waals surface area contributed by atoms with Crippen LogP contribution >= 0.6 is 11.6 Å². The molecule has 0 saturated carbocycles. The first-order valence-electron chi connectivity index (χ1n) is 8.51. The number of sulfonamides is 1.